The number of fused-ring (bicyclic) bond motifs is 1. The van der Waals surface area contributed by atoms with Gasteiger partial charge in [-0.25, -0.2) is 15.0 Å². The number of hydrogen-bond acceptors (Lipinski definition) is 9. The molecule has 0 unspecified atom stereocenters. The van der Waals surface area contributed by atoms with Gasteiger partial charge in [0.2, 0.25) is 0 Å². The predicted molar refractivity (Wildman–Crippen MR) is 77.2 cm³/mol. The predicted octanol–water partition coefficient (Wildman–Crippen LogP) is -1.10. The molecule has 1 fully saturated rings. The smallest absolute Gasteiger partial charge is 0.167 e. The molecule has 0 aliphatic carbocycles. The minimum absolute atomic E-state index is 0.257. The van der Waals surface area contributed by atoms with E-state index in [-0.39, 0.29) is 5.82 Å². The van der Waals surface area contributed by atoms with Crippen LogP contribution in [0.15, 0.2) is 12.7 Å². The maximum Gasteiger partial charge on any atom is 0.167 e. The van der Waals surface area contributed by atoms with Crippen LogP contribution in [0.5, 0.6) is 0 Å². The van der Waals surface area contributed by atoms with Crippen LogP contribution in [0.1, 0.15) is 6.23 Å². The number of aliphatic hydroxyl groups is 2. The van der Waals surface area contributed by atoms with Gasteiger partial charge in [0.25, 0.3) is 0 Å². The van der Waals surface area contributed by atoms with Gasteiger partial charge >= 0.3 is 0 Å². The maximum atomic E-state index is 10.2. The maximum absolute atomic E-state index is 10.2. The summed E-state index contributed by atoms with van der Waals surface area (Å²) in [4.78, 5) is 12.1. The molecule has 1 aliphatic heterocycles. The number of aliphatic hydroxyl groups excluding tert-OH is 2. The highest BCUT2D eigenvalue weighted by atomic mass is 32.2. The van der Waals surface area contributed by atoms with Crippen molar-refractivity contribution in [3.05, 3.63) is 12.7 Å². The number of imidazole rings is 1. The van der Waals surface area contributed by atoms with E-state index in [1.807, 2.05) is 6.26 Å². The Kier molecular flexibility index (Phi) is 3.95. The van der Waals surface area contributed by atoms with Crippen LogP contribution >= 0.6 is 11.9 Å². The molecule has 9 nitrogen and oxygen atoms in total. The zero-order chi connectivity index (χ0) is 15.0. The number of nitrogens with zero attached hydrogens (tertiary/aromatic N) is 4. The largest absolute Gasteiger partial charge is 0.387 e. The number of anilines is 1. The molecule has 0 amide bonds. The van der Waals surface area contributed by atoms with Crippen LogP contribution in [0.3, 0.4) is 0 Å². The van der Waals surface area contributed by atoms with E-state index in [2.05, 4.69) is 19.7 Å². The van der Waals surface area contributed by atoms with Gasteiger partial charge in [-0.1, -0.05) is 11.9 Å². The third-order valence-corrected chi connectivity index (χ3v) is 3.88. The average Bonchev–Trinajstić information content (AvgIpc) is 3.02. The molecule has 3 rings (SSSR count). The summed E-state index contributed by atoms with van der Waals surface area (Å²) in [5.41, 5.74) is 6.62. The van der Waals surface area contributed by atoms with Crippen LogP contribution in [-0.4, -0.2) is 60.8 Å². The number of rotatable bonds is 4. The highest BCUT2D eigenvalue weighted by Crippen LogP contribution is 2.31. The summed E-state index contributed by atoms with van der Waals surface area (Å²) >= 11 is 1.42. The van der Waals surface area contributed by atoms with Gasteiger partial charge in [-0.2, -0.15) is 0 Å². The molecule has 114 valence electrons. The lowest BCUT2D eigenvalue weighted by Gasteiger charge is -2.16. The van der Waals surface area contributed by atoms with Crippen molar-refractivity contribution in [3.8, 4) is 0 Å². The summed E-state index contributed by atoms with van der Waals surface area (Å²) in [7, 11) is 0. The van der Waals surface area contributed by atoms with Crippen LogP contribution in [0.4, 0.5) is 5.82 Å². The Morgan fingerprint density at radius 2 is 2.19 bits per heavy atom. The van der Waals surface area contributed by atoms with E-state index < -0.39 is 24.5 Å². The Balaban J connectivity index is 1.90. The Labute approximate surface area is 124 Å². The zero-order valence-corrected chi connectivity index (χ0v) is 12.1. The highest BCUT2D eigenvalue weighted by molar-refractivity contribution is 7.96. The van der Waals surface area contributed by atoms with Crippen molar-refractivity contribution in [3.63, 3.8) is 0 Å². The van der Waals surface area contributed by atoms with E-state index in [9.17, 15) is 10.2 Å². The number of nitrogen functional groups attached to an aromatic ring is 1. The fourth-order valence-corrected chi connectivity index (χ4v) is 2.68. The minimum Gasteiger partial charge on any atom is -0.387 e. The second-order valence-electron chi connectivity index (χ2n) is 4.68. The molecule has 0 spiro atoms. The lowest BCUT2D eigenvalue weighted by molar-refractivity contribution is -0.0328. The fraction of sp³-hybridized carbons (Fsp3) is 0.545. The van der Waals surface area contributed by atoms with Crippen LogP contribution < -0.4 is 10.5 Å². The standard InChI is InChI=1S/C11H16N6O3S/c1-21-16-2-5-7(18)8(19)11(20-5)17-4-15-6-9(12)13-3-14-10(6)17/h3-5,7-8,11,16,18-19H,2H2,1H3,(H2,12,13,14)/t5-,7-,8-,11-/m1/s1. The van der Waals surface area contributed by atoms with Crippen molar-refractivity contribution in [2.45, 2.75) is 24.5 Å². The van der Waals surface area contributed by atoms with Crippen molar-refractivity contribution in [2.24, 2.45) is 0 Å². The molecule has 2 aromatic rings. The summed E-state index contributed by atoms with van der Waals surface area (Å²) in [6, 6.07) is 0. The van der Waals surface area contributed by atoms with Crippen LogP contribution in [0.2, 0.25) is 0 Å². The van der Waals surface area contributed by atoms with Crippen LogP contribution in [-0.2, 0) is 4.74 Å². The van der Waals surface area contributed by atoms with Gasteiger partial charge in [0.05, 0.1) is 6.33 Å². The second kappa shape index (κ2) is 5.73. The number of nitrogens with two attached hydrogens (primary N) is 1. The molecule has 2 aromatic heterocycles. The first-order chi connectivity index (χ1) is 10.1. The number of hydrogen-bond donors (Lipinski definition) is 4. The molecular weight excluding hydrogens is 296 g/mol. The van der Waals surface area contributed by atoms with Crippen molar-refractivity contribution < 1.29 is 14.9 Å². The first-order valence-electron chi connectivity index (χ1n) is 6.34. The third-order valence-electron chi connectivity index (χ3n) is 3.43. The highest BCUT2D eigenvalue weighted by Gasteiger charge is 2.44. The fourth-order valence-electron chi connectivity index (χ4n) is 2.35. The van der Waals surface area contributed by atoms with Gasteiger partial charge in [0, 0.05) is 6.54 Å². The summed E-state index contributed by atoms with van der Waals surface area (Å²) < 4.78 is 10.3. The van der Waals surface area contributed by atoms with Gasteiger partial charge in [-0.05, 0) is 6.26 Å². The molecule has 3 heterocycles. The van der Waals surface area contributed by atoms with Crippen LogP contribution in [0.25, 0.3) is 11.2 Å². The normalized spacial score (nSPS) is 29.3. The van der Waals surface area contributed by atoms with Gasteiger partial charge in [0.1, 0.15) is 30.2 Å². The topological polar surface area (TPSA) is 131 Å². The van der Waals surface area contributed by atoms with Gasteiger partial charge in [-0.3, -0.25) is 9.29 Å². The zero-order valence-electron chi connectivity index (χ0n) is 11.2. The van der Waals surface area contributed by atoms with Gasteiger partial charge in [0.15, 0.2) is 17.7 Å². The van der Waals surface area contributed by atoms with E-state index >= 15 is 0 Å². The van der Waals surface area contributed by atoms with Gasteiger partial charge < -0.3 is 20.7 Å². The van der Waals surface area contributed by atoms with Crippen molar-refractivity contribution in [2.75, 3.05) is 18.5 Å². The summed E-state index contributed by atoms with van der Waals surface area (Å²) in [5, 5.41) is 20.3. The quantitative estimate of drug-likeness (QED) is 0.519. The lowest BCUT2D eigenvalue weighted by Crippen LogP contribution is -2.36. The molecule has 0 bridgehead atoms. The molecular formula is C11H16N6O3S. The number of nitrogens with one attached hydrogen (secondary N) is 1. The Morgan fingerprint density at radius 1 is 1.38 bits per heavy atom. The molecule has 1 saturated heterocycles. The molecule has 0 aromatic carbocycles. The van der Waals surface area contributed by atoms with Crippen molar-refractivity contribution in [1.82, 2.24) is 24.2 Å². The van der Waals surface area contributed by atoms with E-state index in [0.29, 0.717) is 17.7 Å². The second-order valence-corrected chi connectivity index (χ2v) is 5.38. The Hall–Kier alpha value is -1.46. The van der Waals surface area contributed by atoms with Crippen molar-refractivity contribution >= 4 is 28.9 Å². The molecule has 4 atom stereocenters. The molecule has 5 N–H and O–H groups in total. The van der Waals surface area contributed by atoms with E-state index in [1.54, 1.807) is 4.57 Å². The average molecular weight is 312 g/mol. The first kappa shape index (κ1) is 14.5. The molecule has 0 radical (unpaired) electrons. The molecule has 1 aliphatic rings. The number of aromatic nitrogens is 4. The molecule has 0 saturated carbocycles. The lowest BCUT2D eigenvalue weighted by atomic mass is 10.1. The summed E-state index contributed by atoms with van der Waals surface area (Å²) in [6.07, 6.45) is 1.31. The summed E-state index contributed by atoms with van der Waals surface area (Å²) in [6.45, 7) is 0.416. The monoisotopic (exact) mass is 312 g/mol. The Morgan fingerprint density at radius 3 is 2.95 bits per heavy atom. The molecule has 10 heteroatoms. The minimum atomic E-state index is -1.08. The first-order valence-corrected chi connectivity index (χ1v) is 7.56. The number of ether oxygens (including phenoxy) is 1. The van der Waals surface area contributed by atoms with E-state index in [1.165, 1.54) is 24.6 Å². The molecule has 21 heavy (non-hydrogen) atoms. The Bertz CT molecular complexity index is 637. The summed E-state index contributed by atoms with van der Waals surface area (Å²) in [5.74, 6) is 0.257. The van der Waals surface area contributed by atoms with E-state index in [4.69, 9.17) is 10.5 Å². The van der Waals surface area contributed by atoms with Gasteiger partial charge in [-0.15, -0.1) is 0 Å². The SMILES string of the molecule is CSNC[C@H]1O[C@@H](n2cnc3c(N)ncnc32)[C@H](O)[C@@H]1O. The van der Waals surface area contributed by atoms with Crippen LogP contribution in [0, 0.1) is 0 Å². The van der Waals surface area contributed by atoms with E-state index in [0.717, 1.165) is 0 Å². The van der Waals surface area contributed by atoms with Crippen molar-refractivity contribution in [1.29, 1.82) is 0 Å². The third kappa shape index (κ3) is 2.45.